The molecule has 2 rings (SSSR count). The molecule has 1 aromatic carbocycles. The van der Waals surface area contributed by atoms with Crippen molar-refractivity contribution in [3.05, 3.63) is 41.7 Å². The maximum atomic E-state index is 10.2. The van der Waals surface area contributed by atoms with Crippen molar-refractivity contribution in [1.29, 1.82) is 0 Å². The predicted molar refractivity (Wildman–Crippen MR) is 69.3 cm³/mol. The maximum Gasteiger partial charge on any atom is 0.142 e. The van der Waals surface area contributed by atoms with Crippen LogP contribution >= 0.6 is 0 Å². The summed E-state index contributed by atoms with van der Waals surface area (Å²) in [5, 5.41) is 14.4. The molecule has 0 amide bonds. The van der Waals surface area contributed by atoms with Gasteiger partial charge in [0, 0.05) is 25.2 Å². The lowest BCUT2D eigenvalue weighted by atomic mass is 10.0. The fourth-order valence-corrected chi connectivity index (χ4v) is 1.91. The molecule has 0 radical (unpaired) electrons. The molecule has 1 atom stereocenters. The van der Waals surface area contributed by atoms with Crippen molar-refractivity contribution < 1.29 is 9.84 Å². The number of aliphatic hydroxyl groups excluding tert-OH is 1. The van der Waals surface area contributed by atoms with Crippen LogP contribution in [0.5, 0.6) is 5.75 Å². The molecule has 5 nitrogen and oxygen atoms in total. The Morgan fingerprint density at radius 3 is 2.83 bits per heavy atom. The second-order valence-corrected chi connectivity index (χ2v) is 4.16. The monoisotopic (exact) mass is 247 g/mol. The van der Waals surface area contributed by atoms with Crippen molar-refractivity contribution in [1.82, 2.24) is 9.78 Å². The molecule has 0 aliphatic carbocycles. The summed E-state index contributed by atoms with van der Waals surface area (Å²) in [4.78, 5) is 0. The Morgan fingerprint density at radius 1 is 1.44 bits per heavy atom. The van der Waals surface area contributed by atoms with Crippen LogP contribution in [0.15, 0.2) is 30.5 Å². The highest BCUT2D eigenvalue weighted by atomic mass is 16.5. The van der Waals surface area contributed by atoms with Crippen LogP contribution in [0.25, 0.3) is 0 Å². The molecule has 0 spiro atoms. The van der Waals surface area contributed by atoms with E-state index in [0.29, 0.717) is 23.4 Å². The molecule has 1 aromatic heterocycles. The van der Waals surface area contributed by atoms with Gasteiger partial charge in [-0.2, -0.15) is 5.10 Å². The van der Waals surface area contributed by atoms with Crippen LogP contribution in [0, 0.1) is 0 Å². The van der Waals surface area contributed by atoms with Crippen LogP contribution in [-0.4, -0.2) is 22.0 Å². The third-order valence-corrected chi connectivity index (χ3v) is 2.85. The van der Waals surface area contributed by atoms with E-state index in [4.69, 9.17) is 10.5 Å². The van der Waals surface area contributed by atoms with Crippen molar-refractivity contribution in [3.8, 4) is 5.75 Å². The number of anilines is 1. The molecule has 0 bridgehead atoms. The zero-order valence-corrected chi connectivity index (χ0v) is 10.5. The lowest BCUT2D eigenvalue weighted by Gasteiger charge is -2.14. The SMILES string of the molecule is COc1cccc(C(O)Cc2ccn(C)n2)c1N. The summed E-state index contributed by atoms with van der Waals surface area (Å²) in [6.07, 6.45) is 1.59. The van der Waals surface area contributed by atoms with Crippen molar-refractivity contribution in [2.45, 2.75) is 12.5 Å². The summed E-state index contributed by atoms with van der Waals surface area (Å²) in [7, 11) is 3.40. The van der Waals surface area contributed by atoms with Gasteiger partial charge in [-0.3, -0.25) is 4.68 Å². The Balaban J connectivity index is 2.21. The molecular weight excluding hydrogens is 230 g/mol. The van der Waals surface area contributed by atoms with E-state index in [1.165, 1.54) is 0 Å². The van der Waals surface area contributed by atoms with Crippen LogP contribution in [0.1, 0.15) is 17.4 Å². The Morgan fingerprint density at radius 2 is 2.22 bits per heavy atom. The van der Waals surface area contributed by atoms with Gasteiger partial charge in [0.15, 0.2) is 0 Å². The van der Waals surface area contributed by atoms with E-state index in [0.717, 1.165) is 5.69 Å². The molecule has 1 unspecified atom stereocenters. The number of aliphatic hydroxyl groups is 1. The molecule has 0 saturated heterocycles. The second kappa shape index (κ2) is 5.10. The van der Waals surface area contributed by atoms with Crippen LogP contribution in [-0.2, 0) is 13.5 Å². The third-order valence-electron chi connectivity index (χ3n) is 2.85. The molecule has 0 fully saturated rings. The number of ether oxygens (including phenoxy) is 1. The highest BCUT2D eigenvalue weighted by molar-refractivity contribution is 5.59. The van der Waals surface area contributed by atoms with E-state index >= 15 is 0 Å². The summed E-state index contributed by atoms with van der Waals surface area (Å²) in [5.74, 6) is 0.576. The summed E-state index contributed by atoms with van der Waals surface area (Å²) < 4.78 is 6.84. The summed E-state index contributed by atoms with van der Waals surface area (Å²) in [6.45, 7) is 0. The molecule has 96 valence electrons. The Kier molecular flexibility index (Phi) is 3.53. The molecule has 18 heavy (non-hydrogen) atoms. The quantitative estimate of drug-likeness (QED) is 0.798. The zero-order chi connectivity index (χ0) is 13.1. The molecule has 0 saturated carbocycles. The van der Waals surface area contributed by atoms with E-state index in [2.05, 4.69) is 5.10 Å². The van der Waals surface area contributed by atoms with Gasteiger partial charge < -0.3 is 15.6 Å². The highest BCUT2D eigenvalue weighted by Gasteiger charge is 2.15. The van der Waals surface area contributed by atoms with Crippen LogP contribution < -0.4 is 10.5 Å². The number of para-hydroxylation sites is 1. The Hall–Kier alpha value is -2.01. The minimum Gasteiger partial charge on any atom is -0.495 e. The number of hydrogen-bond acceptors (Lipinski definition) is 4. The number of nitrogen functional groups attached to an aromatic ring is 1. The number of methoxy groups -OCH3 is 1. The molecule has 1 heterocycles. The van der Waals surface area contributed by atoms with Gasteiger partial charge in [0.2, 0.25) is 0 Å². The van der Waals surface area contributed by atoms with Crippen molar-refractivity contribution in [2.24, 2.45) is 7.05 Å². The first-order valence-electron chi connectivity index (χ1n) is 5.70. The van der Waals surface area contributed by atoms with Gasteiger partial charge in [-0.1, -0.05) is 12.1 Å². The number of nitrogens with zero attached hydrogens (tertiary/aromatic N) is 2. The minimum atomic E-state index is -0.685. The standard InChI is InChI=1S/C13H17N3O2/c1-16-7-6-9(15-16)8-11(17)10-4-3-5-12(18-2)13(10)14/h3-7,11,17H,8,14H2,1-2H3. The molecule has 2 aromatic rings. The van der Waals surface area contributed by atoms with Gasteiger partial charge >= 0.3 is 0 Å². The summed E-state index contributed by atoms with van der Waals surface area (Å²) >= 11 is 0. The van der Waals surface area contributed by atoms with E-state index in [1.54, 1.807) is 23.9 Å². The van der Waals surface area contributed by atoms with Gasteiger partial charge in [0.25, 0.3) is 0 Å². The normalized spacial score (nSPS) is 12.4. The molecule has 0 aliphatic heterocycles. The lowest BCUT2D eigenvalue weighted by molar-refractivity contribution is 0.177. The first-order valence-corrected chi connectivity index (χ1v) is 5.70. The van der Waals surface area contributed by atoms with Crippen LogP contribution in [0.2, 0.25) is 0 Å². The number of benzene rings is 1. The van der Waals surface area contributed by atoms with Gasteiger partial charge in [-0.05, 0) is 12.1 Å². The molecular formula is C13H17N3O2. The smallest absolute Gasteiger partial charge is 0.142 e. The zero-order valence-electron chi connectivity index (χ0n) is 10.5. The fourth-order valence-electron chi connectivity index (χ4n) is 1.91. The predicted octanol–water partition coefficient (Wildman–Crippen LogP) is 1.29. The molecule has 3 N–H and O–H groups in total. The number of nitrogens with two attached hydrogens (primary N) is 1. The van der Waals surface area contributed by atoms with E-state index < -0.39 is 6.10 Å². The van der Waals surface area contributed by atoms with E-state index in [1.807, 2.05) is 25.4 Å². The second-order valence-electron chi connectivity index (χ2n) is 4.16. The van der Waals surface area contributed by atoms with Crippen molar-refractivity contribution in [3.63, 3.8) is 0 Å². The molecule has 5 heteroatoms. The Bertz CT molecular complexity index is 537. The number of aromatic nitrogens is 2. The Labute approximate surface area is 106 Å². The van der Waals surface area contributed by atoms with Crippen molar-refractivity contribution >= 4 is 5.69 Å². The van der Waals surface area contributed by atoms with Crippen LogP contribution in [0.3, 0.4) is 0 Å². The third kappa shape index (κ3) is 2.46. The summed E-state index contributed by atoms with van der Waals surface area (Å²) in [6, 6.07) is 7.25. The first-order chi connectivity index (χ1) is 8.61. The van der Waals surface area contributed by atoms with Crippen LogP contribution in [0.4, 0.5) is 5.69 Å². The van der Waals surface area contributed by atoms with Gasteiger partial charge in [-0.15, -0.1) is 0 Å². The average molecular weight is 247 g/mol. The van der Waals surface area contributed by atoms with Crippen molar-refractivity contribution in [2.75, 3.05) is 12.8 Å². The van der Waals surface area contributed by atoms with E-state index in [-0.39, 0.29) is 0 Å². The van der Waals surface area contributed by atoms with Gasteiger partial charge in [0.1, 0.15) is 5.75 Å². The maximum absolute atomic E-state index is 10.2. The minimum absolute atomic E-state index is 0.429. The highest BCUT2D eigenvalue weighted by Crippen LogP contribution is 2.30. The number of aryl methyl sites for hydroxylation is 1. The first kappa shape index (κ1) is 12.4. The number of rotatable bonds is 4. The molecule has 0 aliphatic rings. The number of hydrogen-bond donors (Lipinski definition) is 2. The van der Waals surface area contributed by atoms with E-state index in [9.17, 15) is 5.11 Å². The average Bonchev–Trinajstić information content (AvgIpc) is 2.75. The lowest BCUT2D eigenvalue weighted by Crippen LogP contribution is -2.07. The summed E-state index contributed by atoms with van der Waals surface area (Å²) in [5.41, 5.74) is 7.91. The largest absolute Gasteiger partial charge is 0.495 e. The van der Waals surface area contributed by atoms with Gasteiger partial charge in [0.05, 0.1) is 24.6 Å². The van der Waals surface area contributed by atoms with Gasteiger partial charge in [-0.25, -0.2) is 0 Å². The topological polar surface area (TPSA) is 73.3 Å². The fraction of sp³-hybridized carbons (Fsp3) is 0.308.